The second kappa shape index (κ2) is 19.1. The molecule has 0 spiro atoms. The lowest BCUT2D eigenvalue weighted by Gasteiger charge is -2.43. The molecule has 322 valence electrons. The molecule has 2 aliphatic heterocycles. The van der Waals surface area contributed by atoms with Gasteiger partial charge in [0.15, 0.2) is 0 Å². The van der Waals surface area contributed by atoms with E-state index in [1.165, 1.54) is 103 Å². The molecule has 0 radical (unpaired) electrons. The Hall–Kier alpha value is -3.76. The van der Waals surface area contributed by atoms with Crippen LogP contribution in [0.3, 0.4) is 0 Å². The fourth-order valence-corrected chi connectivity index (χ4v) is 10.6. The lowest BCUT2D eigenvalue weighted by molar-refractivity contribution is 0.332. The summed E-state index contributed by atoms with van der Waals surface area (Å²) in [6.45, 7) is 42.9. The first-order chi connectivity index (χ1) is 28.2. The highest BCUT2D eigenvalue weighted by atomic mass is 32.1. The topological polar surface area (TPSA) is 6.48 Å². The average Bonchev–Trinajstić information content (AvgIpc) is 3.57. The Balaban J connectivity index is 1.95. The molecule has 4 heteroatoms. The van der Waals surface area contributed by atoms with E-state index in [4.69, 9.17) is 0 Å². The van der Waals surface area contributed by atoms with Gasteiger partial charge in [-0.15, -0.1) is 11.3 Å². The Kier molecular flexibility index (Phi) is 15.1. The van der Waals surface area contributed by atoms with Crippen LogP contribution in [-0.2, 0) is 10.8 Å². The van der Waals surface area contributed by atoms with Crippen molar-refractivity contribution in [1.29, 1.82) is 0 Å². The molecule has 0 saturated heterocycles. The van der Waals surface area contributed by atoms with E-state index in [-0.39, 0.29) is 23.0 Å². The number of hydrogen-bond acceptors (Lipinski definition) is 3. The zero-order valence-electron chi connectivity index (χ0n) is 40.7. The number of benzene rings is 1. The van der Waals surface area contributed by atoms with E-state index in [2.05, 4.69) is 206 Å². The minimum Gasteiger partial charge on any atom is -0.337 e. The molecule has 1 unspecified atom stereocenters. The molecule has 0 bridgehead atoms. The van der Waals surface area contributed by atoms with Gasteiger partial charge in [0.1, 0.15) is 0 Å². The van der Waals surface area contributed by atoms with Gasteiger partial charge in [-0.3, -0.25) is 0 Å². The third-order valence-electron chi connectivity index (χ3n) is 13.9. The van der Waals surface area contributed by atoms with Crippen molar-refractivity contribution < 1.29 is 0 Å². The quantitative estimate of drug-likeness (QED) is 0.138. The first-order valence-corrected chi connectivity index (χ1v) is 24.0. The van der Waals surface area contributed by atoms with Crippen LogP contribution >= 0.6 is 11.3 Å². The molecule has 1 atom stereocenters. The second-order valence-corrected chi connectivity index (χ2v) is 21.7. The summed E-state index contributed by atoms with van der Waals surface area (Å²) in [5, 5.41) is 1.39. The zero-order valence-corrected chi connectivity index (χ0v) is 41.5. The summed E-state index contributed by atoms with van der Waals surface area (Å²) in [4.78, 5) is 5.15. The lowest BCUT2D eigenvalue weighted by atomic mass is 9.35. The largest absolute Gasteiger partial charge is 0.337 e. The molecular formula is C56H79BN2S. The smallest absolute Gasteiger partial charge is 0.259 e. The van der Waals surface area contributed by atoms with Crippen molar-refractivity contribution in [1.82, 2.24) is 4.90 Å². The molecule has 0 fully saturated rings. The van der Waals surface area contributed by atoms with Gasteiger partial charge in [0.25, 0.3) is 6.71 Å². The summed E-state index contributed by atoms with van der Waals surface area (Å²) in [5.74, 6) is 0.945. The molecule has 0 N–H and O–H groups in total. The van der Waals surface area contributed by atoms with Gasteiger partial charge in [0.05, 0.1) is 5.69 Å². The first-order valence-electron chi connectivity index (χ1n) is 23.2. The standard InChI is InChI=1S/C56H79BN2S/c1-18-22-24-29-44(21-4)59-37-49-50(34-41(9)39(7)27-23-19-2)58(32-25-28-43(26-20-3)54(11,12)13)42(10)48(33-40(8)38(5)6)57(49)53-52(59)45-35-46-47(36-51(45)60-53)56(16,17)31-30-55(46,14)15/h20-22,24-26,28-29,32-36,38-39H,4,18-19,23,27,30-31,37H2,1-3,5-17H3/b24-22+,26-20+,32-25+,40-33+,41-34+,43-28+,44-29+. The van der Waals surface area contributed by atoms with Crippen LogP contribution in [0.15, 0.2) is 130 Å². The van der Waals surface area contributed by atoms with Crippen LogP contribution in [0.2, 0.25) is 0 Å². The van der Waals surface area contributed by atoms with Gasteiger partial charge in [-0.25, -0.2) is 0 Å². The molecular weight excluding hydrogens is 744 g/mol. The summed E-state index contributed by atoms with van der Waals surface area (Å²) in [6, 6.07) is 5.21. The van der Waals surface area contributed by atoms with Crippen LogP contribution in [-0.4, -0.2) is 18.2 Å². The van der Waals surface area contributed by atoms with Crippen molar-refractivity contribution in [2.24, 2.45) is 17.3 Å². The number of nitrogens with zero attached hydrogens (tertiary/aromatic N) is 2. The summed E-state index contributed by atoms with van der Waals surface area (Å²) >= 11 is 2.04. The molecule has 3 heterocycles. The normalized spacial score (nSPS) is 19.8. The van der Waals surface area contributed by atoms with E-state index in [0.717, 1.165) is 18.7 Å². The maximum Gasteiger partial charge on any atom is 0.259 e. The molecule has 1 aromatic carbocycles. The van der Waals surface area contributed by atoms with Crippen molar-refractivity contribution in [2.75, 3.05) is 11.4 Å². The fraction of sp³-hybridized carbons (Fsp3) is 0.500. The Bertz CT molecular complexity index is 2210. The second-order valence-electron chi connectivity index (χ2n) is 20.6. The third kappa shape index (κ3) is 9.80. The van der Waals surface area contributed by atoms with Gasteiger partial charge in [-0.1, -0.05) is 150 Å². The number of allylic oxidation sites excluding steroid dienone is 15. The van der Waals surface area contributed by atoms with Gasteiger partial charge in [0.2, 0.25) is 0 Å². The van der Waals surface area contributed by atoms with Gasteiger partial charge in [-0.2, -0.15) is 0 Å². The molecule has 1 aromatic heterocycles. The van der Waals surface area contributed by atoms with E-state index in [0.29, 0.717) is 11.8 Å². The van der Waals surface area contributed by atoms with Crippen LogP contribution in [0.25, 0.3) is 10.1 Å². The number of fused-ring (bicyclic) bond motifs is 6. The van der Waals surface area contributed by atoms with Gasteiger partial charge in [-0.05, 0) is 146 Å². The van der Waals surface area contributed by atoms with Crippen LogP contribution in [0.1, 0.15) is 160 Å². The molecule has 60 heavy (non-hydrogen) atoms. The molecule has 0 amide bonds. The third-order valence-corrected chi connectivity index (χ3v) is 15.1. The highest BCUT2D eigenvalue weighted by Crippen LogP contribution is 2.51. The molecule has 1 aliphatic carbocycles. The lowest BCUT2D eigenvalue weighted by Crippen LogP contribution is -2.50. The van der Waals surface area contributed by atoms with Gasteiger partial charge >= 0.3 is 0 Å². The molecule has 2 nitrogen and oxygen atoms in total. The minimum absolute atomic E-state index is 0.0360. The van der Waals surface area contributed by atoms with Crippen LogP contribution in [0.5, 0.6) is 0 Å². The van der Waals surface area contributed by atoms with Crippen molar-refractivity contribution >= 4 is 38.6 Å². The summed E-state index contributed by atoms with van der Waals surface area (Å²) < 4.78 is 2.85. The summed E-state index contributed by atoms with van der Waals surface area (Å²) in [7, 11) is 0. The van der Waals surface area contributed by atoms with Crippen molar-refractivity contribution in [3.05, 3.63) is 142 Å². The molecule has 2 aromatic rings. The Morgan fingerprint density at radius 3 is 2.20 bits per heavy atom. The van der Waals surface area contributed by atoms with Crippen LogP contribution in [0.4, 0.5) is 5.69 Å². The van der Waals surface area contributed by atoms with Crippen LogP contribution in [0, 0.1) is 17.3 Å². The SMILES string of the molecule is C=C/C(=C\C=C\CC)N1CC2=C(/C=C(\C)C(C)CCCC)N(/C=C/C=C(\C=C\C)C(C)(C)C)C(C)=C(/C=C(\C)C(C)C)B2c2sc3cc4c(cc3c21)C(C)(C)CCC4(C)C. The Morgan fingerprint density at radius 2 is 1.62 bits per heavy atom. The van der Waals surface area contributed by atoms with Crippen molar-refractivity contribution in [3.8, 4) is 0 Å². The van der Waals surface area contributed by atoms with E-state index in [1.54, 1.807) is 0 Å². The highest BCUT2D eigenvalue weighted by Gasteiger charge is 2.45. The monoisotopic (exact) mass is 823 g/mol. The molecule has 3 aliphatic rings. The van der Waals surface area contributed by atoms with E-state index >= 15 is 0 Å². The Morgan fingerprint density at radius 1 is 0.950 bits per heavy atom. The van der Waals surface area contributed by atoms with E-state index in [9.17, 15) is 0 Å². The predicted octanol–water partition coefficient (Wildman–Crippen LogP) is 16.2. The molecule has 0 saturated carbocycles. The average molecular weight is 823 g/mol. The summed E-state index contributed by atoms with van der Waals surface area (Å²) in [6.07, 6.45) is 32.4. The zero-order chi connectivity index (χ0) is 44.3. The summed E-state index contributed by atoms with van der Waals surface area (Å²) in [5.41, 5.74) is 15.5. The van der Waals surface area contributed by atoms with Crippen molar-refractivity contribution in [3.63, 3.8) is 0 Å². The number of rotatable bonds is 14. The minimum atomic E-state index is 0.0360. The number of hydrogen-bond donors (Lipinski definition) is 0. The maximum absolute atomic E-state index is 4.46. The van der Waals surface area contributed by atoms with Gasteiger partial charge in [0, 0.05) is 44.7 Å². The number of unbranched alkanes of at least 4 members (excludes halogenated alkanes) is 1. The highest BCUT2D eigenvalue weighted by molar-refractivity contribution is 7.31. The predicted molar refractivity (Wildman–Crippen MR) is 272 cm³/mol. The first kappa shape index (κ1) is 47.3. The van der Waals surface area contributed by atoms with E-state index in [1.807, 2.05) is 11.3 Å². The fourth-order valence-electron chi connectivity index (χ4n) is 9.19. The Labute approximate surface area is 372 Å². The van der Waals surface area contributed by atoms with Gasteiger partial charge < -0.3 is 9.80 Å². The van der Waals surface area contributed by atoms with Crippen LogP contribution < -0.4 is 9.68 Å². The number of anilines is 1. The number of thiophene rings is 1. The van der Waals surface area contributed by atoms with Crippen molar-refractivity contribution in [2.45, 2.75) is 160 Å². The maximum atomic E-state index is 4.46. The molecule has 5 rings (SSSR count). The van der Waals surface area contributed by atoms with E-state index < -0.39 is 0 Å².